The number of thiophene rings is 1. The fourth-order valence-electron chi connectivity index (χ4n) is 1.51. The zero-order valence-corrected chi connectivity index (χ0v) is 11.5. The van der Waals surface area contributed by atoms with Crippen LogP contribution in [0.1, 0.15) is 11.3 Å². The van der Waals surface area contributed by atoms with Gasteiger partial charge in [-0.3, -0.25) is 0 Å². The lowest BCUT2D eigenvalue weighted by molar-refractivity contribution is -0.138. The first-order valence-electron chi connectivity index (χ1n) is 5.90. The maximum Gasteiger partial charge on any atom is 0.390 e. The Morgan fingerprint density at radius 3 is 2.79 bits per heavy atom. The molecule has 19 heavy (non-hydrogen) atoms. The number of hydrogen-bond acceptors (Lipinski definition) is 4. The van der Waals surface area contributed by atoms with E-state index >= 15 is 0 Å². The summed E-state index contributed by atoms with van der Waals surface area (Å²) >= 11 is 1.56. The van der Waals surface area contributed by atoms with E-state index in [0.717, 1.165) is 4.88 Å². The minimum absolute atomic E-state index is 0.119. The molecule has 0 saturated carbocycles. The molecular formula is C12H18F3NO2S. The van der Waals surface area contributed by atoms with E-state index in [1.54, 1.807) is 18.4 Å². The topological polar surface area (TPSA) is 32.7 Å². The van der Waals surface area contributed by atoms with Crippen LogP contribution in [0.5, 0.6) is 0 Å². The largest absolute Gasteiger partial charge is 0.390 e. The standard InChI is InChI=1S/C12H18F3NO2S/c1-16(5-4-12(13,14)15)7-10(17)8-18-9-11-3-2-6-19-11/h2-3,6,10,17H,4-5,7-9H2,1H3. The second-order valence-electron chi connectivity index (χ2n) is 4.38. The normalized spacial score (nSPS) is 14.0. The number of alkyl halides is 3. The summed E-state index contributed by atoms with van der Waals surface area (Å²) in [5.41, 5.74) is 0. The molecule has 7 heteroatoms. The Labute approximate surface area is 114 Å². The molecule has 0 fully saturated rings. The molecule has 3 nitrogen and oxygen atoms in total. The molecule has 1 aromatic heterocycles. The van der Waals surface area contributed by atoms with Crippen molar-refractivity contribution in [3.8, 4) is 0 Å². The highest BCUT2D eigenvalue weighted by molar-refractivity contribution is 7.09. The lowest BCUT2D eigenvalue weighted by Gasteiger charge is -2.21. The number of rotatable bonds is 8. The van der Waals surface area contributed by atoms with Gasteiger partial charge in [0.25, 0.3) is 0 Å². The molecule has 1 atom stereocenters. The summed E-state index contributed by atoms with van der Waals surface area (Å²) < 4.78 is 41.3. The molecule has 1 heterocycles. The third-order valence-electron chi connectivity index (χ3n) is 2.43. The van der Waals surface area contributed by atoms with Gasteiger partial charge in [0.05, 0.1) is 25.7 Å². The summed E-state index contributed by atoms with van der Waals surface area (Å²) in [7, 11) is 1.55. The maximum absolute atomic E-state index is 12.0. The molecule has 1 unspecified atom stereocenters. The molecule has 1 N–H and O–H groups in total. The van der Waals surface area contributed by atoms with Crippen LogP contribution in [0.4, 0.5) is 13.2 Å². The van der Waals surface area contributed by atoms with Crippen molar-refractivity contribution in [3.05, 3.63) is 22.4 Å². The van der Waals surface area contributed by atoms with Crippen molar-refractivity contribution in [2.45, 2.75) is 25.3 Å². The van der Waals surface area contributed by atoms with Crippen LogP contribution >= 0.6 is 11.3 Å². The van der Waals surface area contributed by atoms with E-state index in [1.807, 2.05) is 17.5 Å². The Morgan fingerprint density at radius 2 is 2.21 bits per heavy atom. The van der Waals surface area contributed by atoms with Gasteiger partial charge in [-0.1, -0.05) is 6.07 Å². The quantitative estimate of drug-likeness (QED) is 0.800. The molecule has 0 amide bonds. The third kappa shape index (κ3) is 8.20. The van der Waals surface area contributed by atoms with Gasteiger partial charge in [0.1, 0.15) is 0 Å². The highest BCUT2D eigenvalue weighted by Crippen LogP contribution is 2.19. The molecule has 0 aliphatic carbocycles. The molecule has 0 aromatic carbocycles. The first kappa shape index (κ1) is 16.4. The van der Waals surface area contributed by atoms with E-state index in [-0.39, 0.29) is 19.7 Å². The van der Waals surface area contributed by atoms with Gasteiger partial charge in [-0.15, -0.1) is 11.3 Å². The second kappa shape index (κ2) is 7.84. The van der Waals surface area contributed by atoms with Crippen LogP contribution in [-0.4, -0.2) is 49.0 Å². The summed E-state index contributed by atoms with van der Waals surface area (Å²) in [6.07, 6.45) is -5.81. The van der Waals surface area contributed by atoms with Gasteiger partial charge in [-0.2, -0.15) is 13.2 Å². The monoisotopic (exact) mass is 297 g/mol. The van der Waals surface area contributed by atoms with Gasteiger partial charge in [0.15, 0.2) is 0 Å². The Morgan fingerprint density at radius 1 is 1.47 bits per heavy atom. The van der Waals surface area contributed by atoms with E-state index in [9.17, 15) is 18.3 Å². The van der Waals surface area contributed by atoms with Gasteiger partial charge < -0.3 is 14.7 Å². The summed E-state index contributed by atoms with van der Waals surface area (Å²) in [5, 5.41) is 11.6. The van der Waals surface area contributed by atoms with Crippen LogP contribution in [0, 0.1) is 0 Å². The van der Waals surface area contributed by atoms with E-state index in [1.165, 1.54) is 4.90 Å². The van der Waals surface area contributed by atoms with Crippen LogP contribution in [0.2, 0.25) is 0 Å². The fourth-order valence-corrected chi connectivity index (χ4v) is 2.15. The van der Waals surface area contributed by atoms with E-state index < -0.39 is 18.7 Å². The van der Waals surface area contributed by atoms with Crippen molar-refractivity contribution in [2.24, 2.45) is 0 Å². The summed E-state index contributed by atoms with van der Waals surface area (Å²) in [5.74, 6) is 0. The van der Waals surface area contributed by atoms with E-state index in [0.29, 0.717) is 6.61 Å². The molecule has 1 rings (SSSR count). The molecule has 0 bridgehead atoms. The molecule has 110 valence electrons. The van der Waals surface area contributed by atoms with Crippen LogP contribution in [-0.2, 0) is 11.3 Å². The van der Waals surface area contributed by atoms with Crippen LogP contribution < -0.4 is 0 Å². The molecule has 0 spiro atoms. The van der Waals surface area contributed by atoms with Gasteiger partial charge in [-0.25, -0.2) is 0 Å². The number of nitrogens with zero attached hydrogens (tertiary/aromatic N) is 1. The van der Waals surface area contributed by atoms with Crippen molar-refractivity contribution < 1.29 is 23.0 Å². The number of aliphatic hydroxyl groups excluding tert-OH is 1. The van der Waals surface area contributed by atoms with Gasteiger partial charge >= 0.3 is 6.18 Å². The maximum atomic E-state index is 12.0. The Bertz CT molecular complexity index is 343. The molecule has 0 radical (unpaired) electrons. The average molecular weight is 297 g/mol. The third-order valence-corrected chi connectivity index (χ3v) is 3.28. The summed E-state index contributed by atoms with van der Waals surface area (Å²) in [6, 6.07) is 3.83. The first-order valence-corrected chi connectivity index (χ1v) is 6.78. The number of halogens is 3. The predicted octanol–water partition coefficient (Wildman–Crippen LogP) is 2.51. The zero-order valence-electron chi connectivity index (χ0n) is 10.7. The SMILES string of the molecule is CN(CCC(F)(F)F)CC(O)COCc1cccs1. The van der Waals surface area contributed by atoms with Gasteiger partial charge in [0, 0.05) is 18.0 Å². The Kier molecular flexibility index (Phi) is 6.78. The van der Waals surface area contributed by atoms with E-state index in [2.05, 4.69) is 0 Å². The highest BCUT2D eigenvalue weighted by Gasteiger charge is 2.27. The second-order valence-corrected chi connectivity index (χ2v) is 5.41. The number of ether oxygens (including phenoxy) is 1. The Balaban J connectivity index is 2.11. The Hall–Kier alpha value is -0.630. The minimum Gasteiger partial charge on any atom is -0.389 e. The fraction of sp³-hybridized carbons (Fsp3) is 0.667. The average Bonchev–Trinajstić information content (AvgIpc) is 2.78. The summed E-state index contributed by atoms with van der Waals surface area (Å²) in [6.45, 7) is 0.585. The highest BCUT2D eigenvalue weighted by atomic mass is 32.1. The number of hydrogen-bond donors (Lipinski definition) is 1. The van der Waals surface area contributed by atoms with Crippen molar-refractivity contribution in [1.29, 1.82) is 0 Å². The molecular weight excluding hydrogens is 279 g/mol. The lowest BCUT2D eigenvalue weighted by Crippen LogP contribution is -2.34. The molecule has 1 aromatic rings. The van der Waals surface area contributed by atoms with Crippen LogP contribution in [0.15, 0.2) is 17.5 Å². The van der Waals surface area contributed by atoms with Gasteiger partial charge in [0.2, 0.25) is 0 Å². The van der Waals surface area contributed by atoms with Crippen molar-refractivity contribution in [3.63, 3.8) is 0 Å². The lowest BCUT2D eigenvalue weighted by atomic mass is 10.3. The van der Waals surface area contributed by atoms with E-state index in [4.69, 9.17) is 4.74 Å². The molecule has 0 aliphatic rings. The van der Waals surface area contributed by atoms with Crippen LogP contribution in [0.3, 0.4) is 0 Å². The van der Waals surface area contributed by atoms with Crippen LogP contribution in [0.25, 0.3) is 0 Å². The van der Waals surface area contributed by atoms with Crippen molar-refractivity contribution >= 4 is 11.3 Å². The summed E-state index contributed by atoms with van der Waals surface area (Å²) in [4.78, 5) is 2.50. The van der Waals surface area contributed by atoms with Crippen molar-refractivity contribution in [2.75, 3.05) is 26.7 Å². The first-order chi connectivity index (χ1) is 8.87. The molecule has 0 saturated heterocycles. The minimum atomic E-state index is -4.16. The number of aliphatic hydroxyl groups is 1. The molecule has 0 aliphatic heterocycles. The van der Waals surface area contributed by atoms with Gasteiger partial charge in [-0.05, 0) is 18.5 Å². The number of likely N-dealkylation sites (N-methyl/N-ethyl adjacent to an activating group) is 1. The predicted molar refractivity (Wildman–Crippen MR) is 68.2 cm³/mol. The zero-order chi connectivity index (χ0) is 14.3. The smallest absolute Gasteiger partial charge is 0.389 e. The van der Waals surface area contributed by atoms with Crippen molar-refractivity contribution in [1.82, 2.24) is 4.90 Å².